The lowest BCUT2D eigenvalue weighted by Crippen LogP contribution is -2.46. The molecule has 1 heterocycles. The number of hydrogen-bond donors (Lipinski definition) is 2. The van der Waals surface area contributed by atoms with Gasteiger partial charge in [-0.15, -0.1) is 0 Å². The van der Waals surface area contributed by atoms with Gasteiger partial charge in [-0.05, 0) is 31.4 Å². The molecule has 1 unspecified atom stereocenters. The Hall–Kier alpha value is -2.44. The number of nitrogens with one attached hydrogen (secondary N) is 2. The van der Waals surface area contributed by atoms with E-state index in [0.29, 0.717) is 19.1 Å². The van der Waals surface area contributed by atoms with Crippen molar-refractivity contribution in [2.45, 2.75) is 44.6 Å². The number of hydrogen-bond acceptors (Lipinski definition) is 4. The molecule has 1 saturated heterocycles. The molecule has 1 atom stereocenters. The van der Waals surface area contributed by atoms with Gasteiger partial charge in [0.2, 0.25) is 5.91 Å². The SMILES string of the molecule is CN=C(NCCOc1cccc(OC)c1)NC1CCN(C(=O)C2CCCCC2)C1. The topological polar surface area (TPSA) is 75.2 Å². The number of likely N-dealkylation sites (tertiary alicyclic amines) is 1. The Balaban J connectivity index is 1.37. The van der Waals surface area contributed by atoms with Crippen molar-refractivity contribution >= 4 is 11.9 Å². The van der Waals surface area contributed by atoms with Crippen molar-refractivity contribution in [3.8, 4) is 11.5 Å². The summed E-state index contributed by atoms with van der Waals surface area (Å²) in [5.74, 6) is 2.90. The molecule has 2 aliphatic rings. The van der Waals surface area contributed by atoms with Crippen LogP contribution in [0.2, 0.25) is 0 Å². The van der Waals surface area contributed by atoms with Crippen LogP contribution in [0.4, 0.5) is 0 Å². The molecule has 1 aliphatic carbocycles. The summed E-state index contributed by atoms with van der Waals surface area (Å²) in [5.41, 5.74) is 0. The number of benzene rings is 1. The summed E-state index contributed by atoms with van der Waals surface area (Å²) in [6.45, 7) is 2.75. The Morgan fingerprint density at radius 3 is 2.76 bits per heavy atom. The van der Waals surface area contributed by atoms with E-state index >= 15 is 0 Å². The third-order valence-electron chi connectivity index (χ3n) is 5.72. The third kappa shape index (κ3) is 6.27. The highest BCUT2D eigenvalue weighted by atomic mass is 16.5. The Labute approximate surface area is 173 Å². The van der Waals surface area contributed by atoms with E-state index in [2.05, 4.69) is 15.6 Å². The first-order chi connectivity index (χ1) is 14.2. The third-order valence-corrected chi connectivity index (χ3v) is 5.72. The van der Waals surface area contributed by atoms with E-state index in [1.807, 2.05) is 29.2 Å². The molecule has 7 nitrogen and oxygen atoms in total. The predicted molar refractivity (Wildman–Crippen MR) is 115 cm³/mol. The first-order valence-corrected chi connectivity index (χ1v) is 10.7. The van der Waals surface area contributed by atoms with Crippen molar-refractivity contribution < 1.29 is 14.3 Å². The molecule has 0 bridgehead atoms. The van der Waals surface area contributed by atoms with Crippen LogP contribution in [0.15, 0.2) is 29.3 Å². The van der Waals surface area contributed by atoms with E-state index in [-0.39, 0.29) is 12.0 Å². The van der Waals surface area contributed by atoms with Crippen molar-refractivity contribution in [1.82, 2.24) is 15.5 Å². The molecule has 7 heteroatoms. The second-order valence-electron chi connectivity index (χ2n) is 7.78. The number of nitrogens with zero attached hydrogens (tertiary/aromatic N) is 2. The Kier molecular flexibility index (Phi) is 8.02. The summed E-state index contributed by atoms with van der Waals surface area (Å²) in [5, 5.41) is 6.72. The maximum Gasteiger partial charge on any atom is 0.225 e. The zero-order valence-corrected chi connectivity index (χ0v) is 17.7. The number of aliphatic imine (C=N–C) groups is 1. The largest absolute Gasteiger partial charge is 0.497 e. The van der Waals surface area contributed by atoms with Crippen molar-refractivity contribution in [2.24, 2.45) is 10.9 Å². The number of guanidine groups is 1. The van der Waals surface area contributed by atoms with Crippen LogP contribution in [0.3, 0.4) is 0 Å². The summed E-state index contributed by atoms with van der Waals surface area (Å²) in [4.78, 5) is 19.1. The second kappa shape index (κ2) is 10.9. The molecule has 1 saturated carbocycles. The molecule has 2 N–H and O–H groups in total. The van der Waals surface area contributed by atoms with E-state index in [0.717, 1.165) is 49.8 Å². The fourth-order valence-corrected chi connectivity index (χ4v) is 4.10. The van der Waals surface area contributed by atoms with Gasteiger partial charge in [-0.25, -0.2) is 0 Å². The first kappa shape index (κ1) is 21.3. The highest BCUT2D eigenvalue weighted by molar-refractivity contribution is 5.81. The average Bonchev–Trinajstić information content (AvgIpc) is 3.24. The van der Waals surface area contributed by atoms with Gasteiger partial charge in [0.15, 0.2) is 5.96 Å². The molecular weight excluding hydrogens is 368 g/mol. The lowest BCUT2D eigenvalue weighted by atomic mass is 9.88. The Bertz CT molecular complexity index is 688. The van der Waals surface area contributed by atoms with Crippen LogP contribution < -0.4 is 20.1 Å². The lowest BCUT2D eigenvalue weighted by Gasteiger charge is -2.26. The monoisotopic (exact) mass is 402 g/mol. The van der Waals surface area contributed by atoms with Gasteiger partial charge in [-0.3, -0.25) is 9.79 Å². The summed E-state index contributed by atoms with van der Waals surface area (Å²) in [6.07, 6.45) is 6.74. The van der Waals surface area contributed by atoms with Crippen LogP contribution >= 0.6 is 0 Å². The molecule has 0 spiro atoms. The number of methoxy groups -OCH3 is 1. The normalized spacial score (nSPS) is 20.4. The average molecular weight is 403 g/mol. The number of rotatable bonds is 7. The molecule has 0 radical (unpaired) electrons. The second-order valence-corrected chi connectivity index (χ2v) is 7.78. The van der Waals surface area contributed by atoms with Crippen LogP contribution in [0.5, 0.6) is 11.5 Å². The van der Waals surface area contributed by atoms with Gasteiger partial charge in [0.05, 0.1) is 13.7 Å². The van der Waals surface area contributed by atoms with Gasteiger partial charge in [-0.1, -0.05) is 25.3 Å². The van der Waals surface area contributed by atoms with Crippen LogP contribution in [0, 0.1) is 5.92 Å². The minimum Gasteiger partial charge on any atom is -0.497 e. The van der Waals surface area contributed by atoms with E-state index < -0.39 is 0 Å². The van der Waals surface area contributed by atoms with Crippen molar-refractivity contribution in [3.05, 3.63) is 24.3 Å². The Morgan fingerprint density at radius 1 is 1.21 bits per heavy atom. The molecule has 1 aromatic rings. The minimum absolute atomic E-state index is 0.244. The van der Waals surface area contributed by atoms with Crippen LogP contribution in [0.1, 0.15) is 38.5 Å². The molecule has 1 amide bonds. The minimum atomic E-state index is 0.244. The first-order valence-electron chi connectivity index (χ1n) is 10.7. The van der Waals surface area contributed by atoms with E-state index in [1.165, 1.54) is 19.3 Å². The van der Waals surface area contributed by atoms with Crippen molar-refractivity contribution in [2.75, 3.05) is 40.4 Å². The molecule has 2 fully saturated rings. The summed E-state index contributed by atoms with van der Waals surface area (Å²) < 4.78 is 11.0. The maximum atomic E-state index is 12.7. The lowest BCUT2D eigenvalue weighted by molar-refractivity contribution is -0.135. The zero-order valence-electron chi connectivity index (χ0n) is 17.7. The summed E-state index contributed by atoms with van der Waals surface area (Å²) >= 11 is 0. The highest BCUT2D eigenvalue weighted by Gasteiger charge is 2.31. The standard InChI is InChI=1S/C22H34N4O3/c1-23-22(24-12-14-29-20-10-6-9-19(15-20)28-2)25-18-11-13-26(16-18)21(27)17-7-4-3-5-8-17/h6,9-10,15,17-18H,3-5,7-8,11-14,16H2,1-2H3,(H2,23,24,25). The molecule has 29 heavy (non-hydrogen) atoms. The summed E-state index contributed by atoms with van der Waals surface area (Å²) in [6, 6.07) is 7.81. The molecule has 1 aliphatic heterocycles. The zero-order chi connectivity index (χ0) is 20.5. The molecule has 160 valence electrons. The van der Waals surface area contributed by atoms with Gasteiger partial charge in [-0.2, -0.15) is 0 Å². The number of amides is 1. The molecule has 0 aromatic heterocycles. The number of ether oxygens (including phenoxy) is 2. The van der Waals surface area contributed by atoms with E-state index in [1.54, 1.807) is 14.2 Å². The summed E-state index contributed by atoms with van der Waals surface area (Å²) in [7, 11) is 3.40. The Morgan fingerprint density at radius 2 is 2.00 bits per heavy atom. The van der Waals surface area contributed by atoms with E-state index in [4.69, 9.17) is 9.47 Å². The molecular formula is C22H34N4O3. The maximum absolute atomic E-state index is 12.7. The number of carbonyl (C=O) groups is 1. The van der Waals surface area contributed by atoms with Crippen molar-refractivity contribution in [1.29, 1.82) is 0 Å². The van der Waals surface area contributed by atoms with Gasteiger partial charge in [0.1, 0.15) is 18.1 Å². The fourth-order valence-electron chi connectivity index (χ4n) is 4.10. The van der Waals surface area contributed by atoms with Crippen LogP contribution in [-0.4, -0.2) is 63.2 Å². The fraction of sp³-hybridized carbons (Fsp3) is 0.636. The highest BCUT2D eigenvalue weighted by Crippen LogP contribution is 2.26. The smallest absolute Gasteiger partial charge is 0.225 e. The quantitative estimate of drug-likeness (QED) is 0.416. The van der Waals surface area contributed by atoms with Gasteiger partial charge < -0.3 is 25.0 Å². The van der Waals surface area contributed by atoms with E-state index in [9.17, 15) is 4.79 Å². The predicted octanol–water partition coefficient (Wildman–Crippen LogP) is 2.42. The molecule has 1 aromatic carbocycles. The van der Waals surface area contributed by atoms with Gasteiger partial charge in [0.25, 0.3) is 0 Å². The van der Waals surface area contributed by atoms with Gasteiger partial charge >= 0.3 is 0 Å². The molecule has 3 rings (SSSR count). The number of carbonyl (C=O) groups excluding carboxylic acids is 1. The van der Waals surface area contributed by atoms with Crippen LogP contribution in [0.25, 0.3) is 0 Å². The van der Waals surface area contributed by atoms with Gasteiger partial charge in [0, 0.05) is 38.2 Å². The van der Waals surface area contributed by atoms with Crippen molar-refractivity contribution in [3.63, 3.8) is 0 Å². The van der Waals surface area contributed by atoms with Crippen LogP contribution in [-0.2, 0) is 4.79 Å².